The van der Waals surface area contributed by atoms with Gasteiger partial charge in [0.1, 0.15) is 5.78 Å². The van der Waals surface area contributed by atoms with Crippen LogP contribution >= 0.6 is 0 Å². The van der Waals surface area contributed by atoms with Crippen LogP contribution in [-0.4, -0.2) is 30.2 Å². The van der Waals surface area contributed by atoms with Crippen LogP contribution in [0.25, 0.3) is 0 Å². The smallest absolute Gasteiger partial charge is 0.239 e. The van der Waals surface area contributed by atoms with E-state index in [1.807, 2.05) is 0 Å². The van der Waals surface area contributed by atoms with Crippen LogP contribution in [0.4, 0.5) is 0 Å². The van der Waals surface area contributed by atoms with E-state index in [2.05, 4.69) is 10.6 Å². The molecule has 0 aromatic carbocycles. The molecule has 2 amide bonds. The van der Waals surface area contributed by atoms with Crippen LogP contribution in [0.1, 0.15) is 39.5 Å². The van der Waals surface area contributed by atoms with Crippen molar-refractivity contribution < 1.29 is 14.4 Å². The minimum absolute atomic E-state index is 0.0297. The Bertz CT molecular complexity index is 307. The molecule has 0 bridgehead atoms. The van der Waals surface area contributed by atoms with Crippen LogP contribution in [0, 0.1) is 5.92 Å². The molecule has 1 fully saturated rings. The van der Waals surface area contributed by atoms with E-state index in [0.29, 0.717) is 0 Å². The van der Waals surface area contributed by atoms with Crippen molar-refractivity contribution in [2.24, 2.45) is 5.92 Å². The van der Waals surface area contributed by atoms with Gasteiger partial charge in [-0.3, -0.25) is 14.4 Å². The van der Waals surface area contributed by atoms with Gasteiger partial charge in [0.2, 0.25) is 11.8 Å². The molecule has 0 aromatic rings. The highest BCUT2D eigenvalue weighted by Crippen LogP contribution is 2.24. The van der Waals surface area contributed by atoms with Gasteiger partial charge in [-0.2, -0.15) is 0 Å². The topological polar surface area (TPSA) is 75.3 Å². The SMILES string of the molecule is CC(=O)NCC(=O)NC1CCC(C(C)=O)CC1. The molecule has 1 aliphatic rings. The molecular formula is C12H20N2O3. The second-order valence-corrected chi connectivity index (χ2v) is 4.64. The van der Waals surface area contributed by atoms with Crippen LogP contribution < -0.4 is 10.6 Å². The first-order valence-electron chi connectivity index (χ1n) is 6.03. The minimum Gasteiger partial charge on any atom is -0.352 e. The molecule has 5 nitrogen and oxygen atoms in total. The van der Waals surface area contributed by atoms with Gasteiger partial charge in [0.15, 0.2) is 0 Å². The summed E-state index contributed by atoms with van der Waals surface area (Å²) in [6.45, 7) is 3.04. The van der Waals surface area contributed by atoms with Crippen LogP contribution in [0.3, 0.4) is 0 Å². The maximum absolute atomic E-state index is 11.4. The second kappa shape index (κ2) is 6.37. The molecule has 0 radical (unpaired) electrons. The van der Waals surface area contributed by atoms with E-state index in [9.17, 15) is 14.4 Å². The van der Waals surface area contributed by atoms with Crippen LogP contribution in [0.5, 0.6) is 0 Å². The van der Waals surface area contributed by atoms with Gasteiger partial charge in [-0.1, -0.05) is 0 Å². The van der Waals surface area contributed by atoms with Crippen LogP contribution in [-0.2, 0) is 14.4 Å². The molecule has 1 aliphatic carbocycles. The summed E-state index contributed by atoms with van der Waals surface area (Å²) < 4.78 is 0. The molecule has 96 valence electrons. The quantitative estimate of drug-likeness (QED) is 0.746. The maximum Gasteiger partial charge on any atom is 0.239 e. The van der Waals surface area contributed by atoms with Gasteiger partial charge in [0.25, 0.3) is 0 Å². The molecule has 0 saturated heterocycles. The Morgan fingerprint density at radius 2 is 1.65 bits per heavy atom. The average Bonchev–Trinajstić information content (AvgIpc) is 2.27. The zero-order chi connectivity index (χ0) is 12.8. The van der Waals surface area contributed by atoms with E-state index < -0.39 is 0 Å². The summed E-state index contributed by atoms with van der Waals surface area (Å²) in [6, 6.07) is 0.145. The van der Waals surface area contributed by atoms with Crippen LogP contribution in [0.15, 0.2) is 0 Å². The summed E-state index contributed by atoms with van der Waals surface area (Å²) in [5.74, 6) is 0.0402. The molecule has 17 heavy (non-hydrogen) atoms. The summed E-state index contributed by atoms with van der Waals surface area (Å²) in [5.41, 5.74) is 0. The largest absolute Gasteiger partial charge is 0.352 e. The Kier molecular flexibility index (Phi) is 5.12. The van der Waals surface area contributed by atoms with Gasteiger partial charge >= 0.3 is 0 Å². The van der Waals surface area contributed by atoms with E-state index in [1.165, 1.54) is 6.92 Å². The second-order valence-electron chi connectivity index (χ2n) is 4.64. The lowest BCUT2D eigenvalue weighted by Gasteiger charge is -2.27. The van der Waals surface area contributed by atoms with Gasteiger partial charge in [-0.15, -0.1) is 0 Å². The number of amides is 2. The summed E-state index contributed by atoms with van der Waals surface area (Å²) in [6.07, 6.45) is 3.38. The molecule has 0 aliphatic heterocycles. The summed E-state index contributed by atoms with van der Waals surface area (Å²) in [4.78, 5) is 33.2. The van der Waals surface area contributed by atoms with E-state index in [1.54, 1.807) is 6.92 Å². The molecule has 0 unspecified atom stereocenters. The number of rotatable bonds is 4. The van der Waals surface area contributed by atoms with E-state index in [4.69, 9.17) is 0 Å². The highest BCUT2D eigenvalue weighted by molar-refractivity contribution is 5.83. The maximum atomic E-state index is 11.4. The molecular weight excluding hydrogens is 220 g/mol. The van der Waals surface area contributed by atoms with E-state index >= 15 is 0 Å². The first-order valence-corrected chi connectivity index (χ1v) is 6.03. The zero-order valence-corrected chi connectivity index (χ0v) is 10.4. The molecule has 1 rings (SSSR count). The number of carbonyl (C=O) groups is 3. The van der Waals surface area contributed by atoms with E-state index in [-0.39, 0.29) is 36.1 Å². The predicted octanol–water partition coefficient (Wildman–Crippen LogP) is 0.386. The highest BCUT2D eigenvalue weighted by atomic mass is 16.2. The highest BCUT2D eigenvalue weighted by Gasteiger charge is 2.24. The van der Waals surface area contributed by atoms with Crippen molar-refractivity contribution in [1.29, 1.82) is 0 Å². The van der Waals surface area contributed by atoms with Crippen molar-refractivity contribution in [3.05, 3.63) is 0 Å². The summed E-state index contributed by atoms with van der Waals surface area (Å²) >= 11 is 0. The summed E-state index contributed by atoms with van der Waals surface area (Å²) in [5, 5.41) is 5.33. The first-order chi connectivity index (χ1) is 7.99. The van der Waals surface area contributed by atoms with Crippen molar-refractivity contribution in [1.82, 2.24) is 10.6 Å². The monoisotopic (exact) mass is 240 g/mol. The third-order valence-electron chi connectivity index (χ3n) is 3.17. The van der Waals surface area contributed by atoms with Crippen LogP contribution in [0.2, 0.25) is 0 Å². The fourth-order valence-electron chi connectivity index (χ4n) is 2.13. The number of hydrogen-bond donors (Lipinski definition) is 2. The van der Waals surface area contributed by atoms with Crippen molar-refractivity contribution in [2.75, 3.05) is 6.54 Å². The van der Waals surface area contributed by atoms with Crippen molar-refractivity contribution in [3.8, 4) is 0 Å². The molecule has 0 atom stereocenters. The van der Waals surface area contributed by atoms with Gasteiger partial charge in [0.05, 0.1) is 6.54 Å². The Morgan fingerprint density at radius 3 is 2.12 bits per heavy atom. The van der Waals surface area contributed by atoms with E-state index in [0.717, 1.165) is 25.7 Å². The molecule has 0 spiro atoms. The number of hydrogen-bond acceptors (Lipinski definition) is 3. The Labute approximate surface area is 101 Å². The number of nitrogens with one attached hydrogen (secondary N) is 2. The predicted molar refractivity (Wildman–Crippen MR) is 63.3 cm³/mol. The van der Waals surface area contributed by atoms with Gasteiger partial charge in [0, 0.05) is 18.9 Å². The number of Topliss-reactive ketones (excluding diaryl/α,β-unsaturated/α-hetero) is 1. The van der Waals surface area contributed by atoms with Crippen molar-refractivity contribution in [2.45, 2.75) is 45.6 Å². The Balaban J connectivity index is 2.23. The van der Waals surface area contributed by atoms with Gasteiger partial charge < -0.3 is 10.6 Å². The first kappa shape index (κ1) is 13.7. The Morgan fingerprint density at radius 1 is 1.06 bits per heavy atom. The summed E-state index contributed by atoms with van der Waals surface area (Å²) in [7, 11) is 0. The molecule has 2 N–H and O–H groups in total. The molecule has 0 aromatic heterocycles. The zero-order valence-electron chi connectivity index (χ0n) is 10.4. The standard InChI is InChI=1S/C12H20N2O3/c1-8(15)10-3-5-11(6-4-10)14-12(17)7-13-9(2)16/h10-11H,3-7H2,1-2H3,(H,13,16)(H,14,17). The third-order valence-corrected chi connectivity index (χ3v) is 3.17. The lowest BCUT2D eigenvalue weighted by Crippen LogP contribution is -2.43. The van der Waals surface area contributed by atoms with Gasteiger partial charge in [-0.25, -0.2) is 0 Å². The number of ketones is 1. The van der Waals surface area contributed by atoms with Crippen molar-refractivity contribution in [3.63, 3.8) is 0 Å². The molecule has 0 heterocycles. The fourth-order valence-corrected chi connectivity index (χ4v) is 2.13. The fraction of sp³-hybridized carbons (Fsp3) is 0.750. The Hall–Kier alpha value is -1.39. The lowest BCUT2D eigenvalue weighted by atomic mass is 9.84. The number of carbonyl (C=O) groups excluding carboxylic acids is 3. The third kappa shape index (κ3) is 4.97. The molecule has 5 heteroatoms. The minimum atomic E-state index is -0.208. The molecule has 1 saturated carbocycles. The lowest BCUT2D eigenvalue weighted by molar-refractivity contribution is -0.125. The van der Waals surface area contributed by atoms with Crippen molar-refractivity contribution >= 4 is 17.6 Å². The van der Waals surface area contributed by atoms with Gasteiger partial charge in [-0.05, 0) is 32.6 Å². The average molecular weight is 240 g/mol. The normalized spacial score (nSPS) is 23.9.